The van der Waals surface area contributed by atoms with Crippen LogP contribution in [0.1, 0.15) is 120 Å². The van der Waals surface area contributed by atoms with Gasteiger partial charge in [-0.05, 0) is 43.2 Å². The maximum absolute atomic E-state index is 13.2. The van der Waals surface area contributed by atoms with Gasteiger partial charge in [0.25, 0.3) is 0 Å². The van der Waals surface area contributed by atoms with Crippen LogP contribution in [0, 0.1) is 0 Å². The van der Waals surface area contributed by atoms with Gasteiger partial charge in [0, 0.05) is 30.5 Å². The number of hydrogen-bond donors (Lipinski definition) is 0. The standard InChI is InChI=1S/C34H49F3NO2.ClH/c1-5-6-7-8-9-10-11-12-13-14-15-16-17-18-31-30-25-33(40-4)32(39-3)24-27(30)23-26(2)38(31)29-21-19-28(20-22-29)34(35,36)37;/h19-22,24-26H,5-18,23H2,1-4H3;1H/q+1;/p-1. The number of halogens is 4. The van der Waals surface area contributed by atoms with Crippen LogP contribution in [0.15, 0.2) is 36.4 Å². The first-order chi connectivity index (χ1) is 19.3. The van der Waals surface area contributed by atoms with Crippen molar-refractivity contribution in [3.63, 3.8) is 0 Å². The van der Waals surface area contributed by atoms with Gasteiger partial charge in [0.15, 0.2) is 23.3 Å². The molecule has 2 aromatic carbocycles. The van der Waals surface area contributed by atoms with Gasteiger partial charge < -0.3 is 21.9 Å². The molecule has 0 bridgehead atoms. The van der Waals surface area contributed by atoms with Gasteiger partial charge in [-0.25, -0.2) is 0 Å². The first-order valence-electron chi connectivity index (χ1n) is 15.4. The molecule has 2 aromatic rings. The number of rotatable bonds is 17. The van der Waals surface area contributed by atoms with Gasteiger partial charge >= 0.3 is 6.18 Å². The first kappa shape index (κ1) is 35.0. The van der Waals surface area contributed by atoms with E-state index in [9.17, 15) is 13.2 Å². The minimum atomic E-state index is -4.34. The van der Waals surface area contributed by atoms with E-state index in [2.05, 4.69) is 24.5 Å². The fourth-order valence-corrected chi connectivity index (χ4v) is 5.95. The number of hydrogen-bond acceptors (Lipinski definition) is 2. The summed E-state index contributed by atoms with van der Waals surface area (Å²) < 4.78 is 53.1. The molecule has 0 N–H and O–H groups in total. The van der Waals surface area contributed by atoms with Crippen LogP contribution >= 0.6 is 0 Å². The Balaban J connectivity index is 0.00000588. The topological polar surface area (TPSA) is 21.5 Å². The summed E-state index contributed by atoms with van der Waals surface area (Å²) in [6.07, 6.45) is 14.2. The largest absolute Gasteiger partial charge is 1.00 e. The van der Waals surface area contributed by atoms with Gasteiger partial charge in [-0.1, -0.05) is 84.0 Å². The van der Waals surface area contributed by atoms with Crippen molar-refractivity contribution in [3.8, 4) is 11.5 Å². The highest BCUT2D eigenvalue weighted by atomic mass is 35.5. The highest BCUT2D eigenvalue weighted by Gasteiger charge is 2.35. The van der Waals surface area contributed by atoms with Gasteiger partial charge in [-0.2, -0.15) is 17.7 Å². The van der Waals surface area contributed by atoms with Crippen molar-refractivity contribution in [1.29, 1.82) is 0 Å². The maximum Gasteiger partial charge on any atom is 0.416 e. The molecule has 1 atom stereocenters. The average molecular weight is 596 g/mol. The Morgan fingerprint density at radius 1 is 0.756 bits per heavy atom. The fourth-order valence-electron chi connectivity index (χ4n) is 5.95. The third kappa shape index (κ3) is 10.2. The van der Waals surface area contributed by atoms with Gasteiger partial charge in [-0.3, -0.25) is 0 Å². The predicted molar refractivity (Wildman–Crippen MR) is 158 cm³/mol. The molecule has 0 radical (unpaired) electrons. The van der Waals surface area contributed by atoms with Crippen LogP contribution in [0.25, 0.3) is 0 Å². The number of ether oxygens (including phenoxy) is 2. The molecule has 1 aliphatic rings. The highest BCUT2D eigenvalue weighted by molar-refractivity contribution is 6.00. The normalized spacial score (nSPS) is 15.0. The van der Waals surface area contributed by atoms with Crippen molar-refractivity contribution in [2.45, 2.75) is 122 Å². The molecule has 230 valence electrons. The van der Waals surface area contributed by atoms with E-state index in [1.54, 1.807) is 26.4 Å². The lowest BCUT2D eigenvalue weighted by molar-refractivity contribution is -0.483. The minimum Gasteiger partial charge on any atom is -1.00 e. The van der Waals surface area contributed by atoms with Crippen LogP contribution in [0.3, 0.4) is 0 Å². The van der Waals surface area contributed by atoms with Gasteiger partial charge in [0.05, 0.1) is 19.8 Å². The summed E-state index contributed by atoms with van der Waals surface area (Å²) in [7, 11) is 3.28. The van der Waals surface area contributed by atoms with Crippen LogP contribution in [-0.2, 0) is 12.6 Å². The summed E-state index contributed by atoms with van der Waals surface area (Å²) in [6, 6.07) is 9.79. The van der Waals surface area contributed by atoms with Crippen LogP contribution in [-0.4, -0.2) is 30.5 Å². The number of benzene rings is 2. The quantitative estimate of drug-likeness (QED) is 0.141. The van der Waals surface area contributed by atoms with Crippen molar-refractivity contribution >= 4 is 11.4 Å². The number of alkyl halides is 3. The summed E-state index contributed by atoms with van der Waals surface area (Å²) in [5, 5.41) is 0. The molecule has 3 nitrogen and oxygen atoms in total. The Labute approximate surface area is 251 Å². The third-order valence-corrected chi connectivity index (χ3v) is 8.16. The van der Waals surface area contributed by atoms with Crippen molar-refractivity contribution in [3.05, 3.63) is 53.1 Å². The molecule has 7 heteroatoms. The van der Waals surface area contributed by atoms with Gasteiger partial charge in [0.1, 0.15) is 0 Å². The number of nitrogens with zero attached hydrogens (tertiary/aromatic N) is 1. The summed E-state index contributed by atoms with van der Waals surface area (Å²) >= 11 is 0. The zero-order valence-corrected chi connectivity index (χ0v) is 26.2. The zero-order valence-electron chi connectivity index (χ0n) is 25.4. The molecule has 1 unspecified atom stereocenters. The van der Waals surface area contributed by atoms with Crippen LogP contribution in [0.5, 0.6) is 11.5 Å². The SMILES string of the molecule is CCCCCCCCCCCCCCCC1=[N+](c2ccc(C(F)(F)F)cc2)C(C)Cc2cc(OC)c(OC)cc21.[Cl-]. The lowest BCUT2D eigenvalue weighted by Crippen LogP contribution is -3.00. The molecule has 1 aliphatic heterocycles. The van der Waals surface area contributed by atoms with E-state index in [4.69, 9.17) is 9.47 Å². The molecule has 0 saturated carbocycles. The van der Waals surface area contributed by atoms with Crippen LogP contribution in [0.2, 0.25) is 0 Å². The molecule has 1 heterocycles. The summed E-state index contributed by atoms with van der Waals surface area (Å²) in [5.41, 5.74) is 3.63. The molecule has 3 rings (SSSR count). The second kappa shape index (κ2) is 17.7. The molecule has 0 aromatic heterocycles. The number of methoxy groups -OCH3 is 2. The molecule has 0 fully saturated rings. The van der Waals surface area contributed by atoms with Crippen molar-refractivity contribution < 1.29 is 39.6 Å². The average Bonchev–Trinajstić information content (AvgIpc) is 2.94. The van der Waals surface area contributed by atoms with E-state index < -0.39 is 11.7 Å². The third-order valence-electron chi connectivity index (χ3n) is 8.16. The Kier molecular flexibility index (Phi) is 15.1. The number of fused-ring (bicyclic) bond motifs is 1. The Hall–Kier alpha value is -2.21. The summed E-state index contributed by atoms with van der Waals surface area (Å²) in [6.45, 7) is 4.40. The lowest BCUT2D eigenvalue weighted by Gasteiger charge is -2.25. The van der Waals surface area contributed by atoms with E-state index in [1.165, 1.54) is 88.3 Å². The van der Waals surface area contributed by atoms with E-state index in [0.717, 1.165) is 42.6 Å². The molecular formula is C34H49ClF3NO2. The fraction of sp³-hybridized carbons (Fsp3) is 0.618. The number of unbranched alkanes of at least 4 members (excludes halogenated alkanes) is 12. The highest BCUT2D eigenvalue weighted by Crippen LogP contribution is 2.37. The van der Waals surface area contributed by atoms with Crippen molar-refractivity contribution in [1.82, 2.24) is 0 Å². The van der Waals surface area contributed by atoms with Crippen molar-refractivity contribution in [2.75, 3.05) is 14.2 Å². The van der Waals surface area contributed by atoms with E-state index in [0.29, 0.717) is 11.5 Å². The summed E-state index contributed by atoms with van der Waals surface area (Å²) in [5.74, 6) is 1.38. The molecular weight excluding hydrogens is 547 g/mol. The lowest BCUT2D eigenvalue weighted by atomic mass is 9.89. The van der Waals surface area contributed by atoms with Crippen molar-refractivity contribution in [2.24, 2.45) is 0 Å². The Morgan fingerprint density at radius 3 is 1.73 bits per heavy atom. The van der Waals surface area contributed by atoms with E-state index in [-0.39, 0.29) is 18.4 Å². The van der Waals surface area contributed by atoms with Crippen LogP contribution in [0.4, 0.5) is 18.9 Å². The Bertz CT molecular complexity index is 1080. The zero-order chi connectivity index (χ0) is 29.0. The molecule has 41 heavy (non-hydrogen) atoms. The Morgan fingerprint density at radius 2 is 1.24 bits per heavy atom. The minimum absolute atomic E-state index is 0. The van der Waals surface area contributed by atoms with Gasteiger partial charge in [0.2, 0.25) is 5.69 Å². The summed E-state index contributed by atoms with van der Waals surface area (Å²) in [4.78, 5) is 0. The van der Waals surface area contributed by atoms with Crippen LogP contribution < -0.4 is 21.9 Å². The molecule has 0 spiro atoms. The predicted octanol–water partition coefficient (Wildman–Crippen LogP) is 7.29. The first-order valence-corrected chi connectivity index (χ1v) is 15.4. The second-order valence-electron chi connectivity index (χ2n) is 11.3. The maximum atomic E-state index is 13.2. The second-order valence-corrected chi connectivity index (χ2v) is 11.3. The molecule has 0 saturated heterocycles. The van der Waals surface area contributed by atoms with Gasteiger partial charge in [-0.15, -0.1) is 0 Å². The smallest absolute Gasteiger partial charge is 0.416 e. The monoisotopic (exact) mass is 595 g/mol. The molecule has 0 amide bonds. The molecule has 0 aliphatic carbocycles. The van der Waals surface area contributed by atoms with E-state index >= 15 is 0 Å². The van der Waals surface area contributed by atoms with E-state index in [1.807, 2.05) is 6.07 Å².